The van der Waals surface area contributed by atoms with Crippen LogP contribution in [0.5, 0.6) is 0 Å². The number of methoxy groups -OCH3 is 1. The Morgan fingerprint density at radius 3 is 2.68 bits per heavy atom. The van der Waals surface area contributed by atoms with Crippen LogP contribution in [-0.2, 0) is 11.3 Å². The first kappa shape index (κ1) is 15.7. The van der Waals surface area contributed by atoms with Crippen molar-refractivity contribution in [2.45, 2.75) is 26.8 Å². The lowest BCUT2D eigenvalue weighted by Crippen LogP contribution is -2.42. The second-order valence-electron chi connectivity index (χ2n) is 4.97. The molecule has 0 saturated carbocycles. The largest absolute Gasteiger partial charge is 0.396 e. The van der Waals surface area contributed by atoms with E-state index in [1.54, 1.807) is 7.11 Å². The monoisotopic (exact) mass is 270 g/mol. The first-order valence-electron chi connectivity index (χ1n) is 6.38. The van der Waals surface area contributed by atoms with E-state index in [0.29, 0.717) is 13.2 Å². The Hall–Kier alpha value is -1.40. The van der Waals surface area contributed by atoms with Gasteiger partial charge in [-0.05, 0) is 12.3 Å². The third-order valence-electron chi connectivity index (χ3n) is 3.84. The Kier molecular flexibility index (Phi) is 5.50. The molecule has 0 radical (unpaired) electrons. The van der Waals surface area contributed by atoms with Gasteiger partial charge in [0.05, 0.1) is 6.61 Å². The molecule has 1 heterocycles. The summed E-state index contributed by atoms with van der Waals surface area (Å²) in [5, 5.41) is 9.42. The van der Waals surface area contributed by atoms with Crippen molar-refractivity contribution >= 4 is 0 Å². The molecule has 0 aromatic carbocycles. The molecule has 1 unspecified atom stereocenters. The quantitative estimate of drug-likeness (QED) is 0.741. The van der Waals surface area contributed by atoms with Gasteiger partial charge in [0.1, 0.15) is 0 Å². The molecule has 0 aliphatic rings. The lowest BCUT2D eigenvalue weighted by molar-refractivity contribution is -0.00332. The fraction of sp³-hybridized carbons (Fsp3) is 0.692. The van der Waals surface area contributed by atoms with Crippen LogP contribution < -0.4 is 11.2 Å². The molecule has 6 heteroatoms. The van der Waals surface area contributed by atoms with Crippen LogP contribution in [-0.4, -0.2) is 35.0 Å². The van der Waals surface area contributed by atoms with Crippen molar-refractivity contribution in [2.24, 2.45) is 11.3 Å². The Labute approximate surface area is 112 Å². The minimum absolute atomic E-state index is 0.0173. The molecule has 0 aliphatic heterocycles. The molecule has 0 aliphatic carbocycles. The van der Waals surface area contributed by atoms with Gasteiger partial charge in [0.25, 0.3) is 5.56 Å². The molecular formula is C13H22N2O4. The second-order valence-corrected chi connectivity index (χ2v) is 4.97. The van der Waals surface area contributed by atoms with Gasteiger partial charge in [-0.15, -0.1) is 0 Å². The number of hydrogen-bond acceptors (Lipinski definition) is 4. The number of nitrogens with one attached hydrogen (secondary N) is 1. The SMILES string of the molecule is CC[C@](COC)(Cn1ccc(=O)[nH]c1=O)C(C)CO. The van der Waals surface area contributed by atoms with Crippen molar-refractivity contribution in [2.75, 3.05) is 20.3 Å². The summed E-state index contributed by atoms with van der Waals surface area (Å²) in [4.78, 5) is 25.0. The number of nitrogens with zero attached hydrogens (tertiary/aromatic N) is 1. The summed E-state index contributed by atoms with van der Waals surface area (Å²) in [5.74, 6) is -0.0173. The van der Waals surface area contributed by atoms with Crippen molar-refractivity contribution in [3.8, 4) is 0 Å². The van der Waals surface area contributed by atoms with Gasteiger partial charge in [0, 0.05) is 37.9 Å². The van der Waals surface area contributed by atoms with E-state index in [9.17, 15) is 14.7 Å². The van der Waals surface area contributed by atoms with Crippen LogP contribution >= 0.6 is 0 Å². The minimum Gasteiger partial charge on any atom is -0.396 e. The lowest BCUT2D eigenvalue weighted by Gasteiger charge is -2.37. The van der Waals surface area contributed by atoms with Crippen LogP contribution in [0, 0.1) is 11.3 Å². The van der Waals surface area contributed by atoms with Crippen molar-refractivity contribution in [1.29, 1.82) is 0 Å². The standard InChI is InChI=1S/C13H22N2O4/c1-4-13(9-19-3,10(2)7-16)8-15-6-5-11(17)14-12(15)18/h5-6,10,16H,4,7-9H2,1-3H3,(H,14,17,18)/t10?,13-/m1/s1. The molecule has 0 spiro atoms. The maximum atomic E-state index is 11.8. The van der Waals surface area contributed by atoms with E-state index in [1.165, 1.54) is 16.8 Å². The van der Waals surface area contributed by atoms with Crippen LogP contribution in [0.2, 0.25) is 0 Å². The van der Waals surface area contributed by atoms with Crippen molar-refractivity contribution in [1.82, 2.24) is 9.55 Å². The normalized spacial score (nSPS) is 16.0. The summed E-state index contributed by atoms with van der Waals surface area (Å²) in [6.45, 7) is 4.79. The summed E-state index contributed by atoms with van der Waals surface area (Å²) in [5.41, 5.74) is -1.19. The van der Waals surface area contributed by atoms with Crippen molar-refractivity contribution < 1.29 is 9.84 Å². The van der Waals surface area contributed by atoms with Gasteiger partial charge in [0.2, 0.25) is 0 Å². The molecule has 0 saturated heterocycles. The molecule has 19 heavy (non-hydrogen) atoms. The molecule has 2 N–H and O–H groups in total. The lowest BCUT2D eigenvalue weighted by atomic mass is 9.74. The van der Waals surface area contributed by atoms with Gasteiger partial charge >= 0.3 is 5.69 Å². The maximum Gasteiger partial charge on any atom is 0.328 e. The van der Waals surface area contributed by atoms with Gasteiger partial charge in [-0.3, -0.25) is 14.3 Å². The van der Waals surface area contributed by atoms with E-state index in [4.69, 9.17) is 4.74 Å². The fourth-order valence-corrected chi connectivity index (χ4v) is 2.30. The number of ether oxygens (including phenoxy) is 1. The van der Waals surface area contributed by atoms with Crippen LogP contribution in [0.4, 0.5) is 0 Å². The topological polar surface area (TPSA) is 84.3 Å². The van der Waals surface area contributed by atoms with E-state index in [0.717, 1.165) is 6.42 Å². The average Bonchev–Trinajstić information content (AvgIpc) is 2.40. The maximum absolute atomic E-state index is 11.8. The summed E-state index contributed by atoms with van der Waals surface area (Å²) >= 11 is 0. The average molecular weight is 270 g/mol. The zero-order valence-electron chi connectivity index (χ0n) is 11.7. The first-order chi connectivity index (χ1) is 8.99. The van der Waals surface area contributed by atoms with Crippen LogP contribution in [0.3, 0.4) is 0 Å². The molecule has 6 nitrogen and oxygen atoms in total. The second kappa shape index (κ2) is 6.68. The molecule has 1 aromatic heterocycles. The highest BCUT2D eigenvalue weighted by Gasteiger charge is 2.35. The molecule has 0 bridgehead atoms. The van der Waals surface area contributed by atoms with E-state index in [1.807, 2.05) is 13.8 Å². The third-order valence-corrected chi connectivity index (χ3v) is 3.84. The first-order valence-corrected chi connectivity index (χ1v) is 6.38. The van der Waals surface area contributed by atoms with Crippen LogP contribution in [0.25, 0.3) is 0 Å². The predicted molar refractivity (Wildman–Crippen MR) is 72.2 cm³/mol. The number of aliphatic hydroxyl groups is 1. The smallest absolute Gasteiger partial charge is 0.328 e. The van der Waals surface area contributed by atoms with Gasteiger partial charge in [-0.25, -0.2) is 4.79 Å². The number of aromatic nitrogens is 2. The van der Waals surface area contributed by atoms with Gasteiger partial charge in [-0.2, -0.15) is 0 Å². The highest BCUT2D eigenvalue weighted by atomic mass is 16.5. The summed E-state index contributed by atoms with van der Waals surface area (Å²) < 4.78 is 6.71. The zero-order chi connectivity index (χ0) is 14.5. The van der Waals surface area contributed by atoms with Crippen molar-refractivity contribution in [3.05, 3.63) is 33.1 Å². The number of aromatic amines is 1. The summed E-state index contributed by atoms with van der Waals surface area (Å²) in [7, 11) is 1.60. The Morgan fingerprint density at radius 1 is 1.53 bits per heavy atom. The molecule has 2 atom stereocenters. The highest BCUT2D eigenvalue weighted by Crippen LogP contribution is 2.33. The van der Waals surface area contributed by atoms with E-state index in [-0.39, 0.29) is 17.9 Å². The minimum atomic E-state index is -0.438. The van der Waals surface area contributed by atoms with Crippen LogP contribution in [0.15, 0.2) is 21.9 Å². The van der Waals surface area contributed by atoms with Crippen LogP contribution in [0.1, 0.15) is 20.3 Å². The third kappa shape index (κ3) is 3.54. The number of hydrogen-bond donors (Lipinski definition) is 2. The number of rotatable bonds is 7. The van der Waals surface area contributed by atoms with E-state index < -0.39 is 11.2 Å². The molecule has 0 fully saturated rings. The zero-order valence-corrected chi connectivity index (χ0v) is 11.7. The number of H-pyrrole nitrogens is 1. The summed E-state index contributed by atoms with van der Waals surface area (Å²) in [6, 6.07) is 1.32. The number of aliphatic hydroxyl groups excluding tert-OH is 1. The predicted octanol–water partition coefficient (Wildman–Crippen LogP) is 0.208. The molecule has 1 aromatic rings. The van der Waals surface area contributed by atoms with Crippen molar-refractivity contribution in [3.63, 3.8) is 0 Å². The van der Waals surface area contributed by atoms with Gasteiger partial charge < -0.3 is 9.84 Å². The molecule has 108 valence electrons. The molecular weight excluding hydrogens is 248 g/mol. The molecule has 0 amide bonds. The van der Waals surface area contributed by atoms with Gasteiger partial charge in [-0.1, -0.05) is 13.8 Å². The Balaban J connectivity index is 3.12. The summed E-state index contributed by atoms with van der Waals surface area (Å²) in [6.07, 6.45) is 2.24. The Bertz CT molecular complexity index is 508. The fourth-order valence-electron chi connectivity index (χ4n) is 2.30. The van der Waals surface area contributed by atoms with E-state index in [2.05, 4.69) is 4.98 Å². The van der Waals surface area contributed by atoms with Gasteiger partial charge in [0.15, 0.2) is 0 Å². The Morgan fingerprint density at radius 2 is 2.21 bits per heavy atom. The highest BCUT2D eigenvalue weighted by molar-refractivity contribution is 4.88. The molecule has 1 rings (SSSR count). The van der Waals surface area contributed by atoms with E-state index >= 15 is 0 Å².